The quantitative estimate of drug-likeness (QED) is 0.175. The lowest BCUT2D eigenvalue weighted by atomic mass is 10.0. The maximum Gasteiger partial charge on any atom is 0.212 e. The summed E-state index contributed by atoms with van der Waals surface area (Å²) in [7, 11) is 0. The van der Waals surface area contributed by atoms with Gasteiger partial charge in [-0.2, -0.15) is 9.65 Å². The van der Waals surface area contributed by atoms with E-state index in [4.69, 9.17) is 11.6 Å². The first-order valence-electron chi connectivity index (χ1n) is 13.2. The van der Waals surface area contributed by atoms with Crippen LogP contribution in [0.4, 0.5) is 20.2 Å². The van der Waals surface area contributed by atoms with Gasteiger partial charge in [-0.15, -0.1) is 5.10 Å². The molecule has 2 N–H and O–H groups in total. The average molecular weight is 571 g/mol. The van der Waals surface area contributed by atoms with E-state index in [9.17, 15) is 14.0 Å². The van der Waals surface area contributed by atoms with E-state index in [2.05, 4.69) is 37.0 Å². The van der Waals surface area contributed by atoms with Gasteiger partial charge in [0.25, 0.3) is 0 Å². The number of benzene rings is 2. The molecule has 1 aliphatic carbocycles. The molecule has 11 heteroatoms. The first-order chi connectivity index (χ1) is 20.0. The van der Waals surface area contributed by atoms with Gasteiger partial charge in [-0.1, -0.05) is 53.2 Å². The third kappa shape index (κ3) is 5.67. The predicted octanol–water partition coefficient (Wildman–Crippen LogP) is 6.93. The van der Waals surface area contributed by atoms with Gasteiger partial charge in [0.1, 0.15) is 11.8 Å². The molecule has 0 saturated heterocycles. The average Bonchev–Trinajstić information content (AvgIpc) is 3.73. The van der Waals surface area contributed by atoms with E-state index in [0.717, 1.165) is 18.4 Å². The number of alkyl halides is 1. The summed E-state index contributed by atoms with van der Waals surface area (Å²) < 4.78 is 29.1. The molecule has 3 aromatic heterocycles. The van der Waals surface area contributed by atoms with Crippen molar-refractivity contribution in [2.75, 3.05) is 17.3 Å². The lowest BCUT2D eigenvalue weighted by Crippen LogP contribution is -2.15. The van der Waals surface area contributed by atoms with E-state index < -0.39 is 18.7 Å². The molecule has 3 heterocycles. The second-order valence-corrected chi connectivity index (χ2v) is 10.4. The van der Waals surface area contributed by atoms with E-state index in [-0.39, 0.29) is 12.5 Å². The highest BCUT2D eigenvalue weighted by atomic mass is 35.5. The van der Waals surface area contributed by atoms with Crippen LogP contribution in [0.5, 0.6) is 0 Å². The molecule has 0 bridgehead atoms. The highest BCUT2D eigenvalue weighted by molar-refractivity contribution is 6.35. The molecule has 2 aromatic carbocycles. The fourth-order valence-corrected chi connectivity index (χ4v) is 5.14. The van der Waals surface area contributed by atoms with Crippen LogP contribution in [0, 0.1) is 17.3 Å². The number of pyridine rings is 2. The summed E-state index contributed by atoms with van der Waals surface area (Å²) in [5.41, 5.74) is 4.12. The number of rotatable bonds is 10. The van der Waals surface area contributed by atoms with Crippen LogP contribution in [0.15, 0.2) is 73.2 Å². The Morgan fingerprint density at radius 2 is 1.88 bits per heavy atom. The molecule has 0 radical (unpaired) electrons. The Bertz CT molecular complexity index is 1720. The van der Waals surface area contributed by atoms with Crippen molar-refractivity contribution in [2.24, 2.45) is 0 Å². The van der Waals surface area contributed by atoms with Gasteiger partial charge in [0.05, 0.1) is 52.8 Å². The Hall–Kier alpha value is -4.62. The number of nitrogens with zero attached hydrogens (tertiary/aromatic N) is 6. The first-order valence-corrected chi connectivity index (χ1v) is 13.6. The Balaban J connectivity index is 1.42. The van der Waals surface area contributed by atoms with Crippen molar-refractivity contribution < 1.29 is 8.78 Å². The van der Waals surface area contributed by atoms with Gasteiger partial charge in [0.2, 0.25) is 5.95 Å². The minimum atomic E-state index is -0.588. The van der Waals surface area contributed by atoms with Gasteiger partial charge < -0.3 is 10.6 Å². The summed E-state index contributed by atoms with van der Waals surface area (Å²) in [6.45, 7) is -0.542. The van der Waals surface area contributed by atoms with Gasteiger partial charge in [-0.05, 0) is 42.2 Å². The monoisotopic (exact) mass is 570 g/mol. The zero-order valence-corrected chi connectivity index (χ0v) is 22.6. The van der Waals surface area contributed by atoms with Crippen LogP contribution >= 0.6 is 11.6 Å². The third-order valence-corrected chi connectivity index (χ3v) is 7.39. The fraction of sp³-hybridized carbons (Fsp3) is 0.233. The number of fused-ring (bicyclic) bond motifs is 1. The van der Waals surface area contributed by atoms with Crippen molar-refractivity contribution in [3.05, 3.63) is 107 Å². The van der Waals surface area contributed by atoms with Gasteiger partial charge >= 0.3 is 0 Å². The van der Waals surface area contributed by atoms with Crippen molar-refractivity contribution in [1.82, 2.24) is 25.0 Å². The largest absolute Gasteiger partial charge is 0.376 e. The fourth-order valence-electron chi connectivity index (χ4n) is 4.87. The predicted molar refractivity (Wildman–Crippen MR) is 153 cm³/mol. The minimum Gasteiger partial charge on any atom is -0.376 e. The molecular formula is C30H25ClF2N8. The topological polar surface area (TPSA) is 104 Å². The molecule has 0 amide bonds. The van der Waals surface area contributed by atoms with Crippen LogP contribution in [-0.4, -0.2) is 31.6 Å². The molecule has 0 unspecified atom stereocenters. The summed E-state index contributed by atoms with van der Waals surface area (Å²) >= 11 is 6.73. The molecule has 41 heavy (non-hydrogen) atoms. The maximum absolute atomic E-state index is 13.7. The van der Waals surface area contributed by atoms with E-state index in [1.165, 1.54) is 18.5 Å². The van der Waals surface area contributed by atoms with Crippen LogP contribution in [0.2, 0.25) is 5.02 Å². The van der Waals surface area contributed by atoms with Crippen molar-refractivity contribution in [3.63, 3.8) is 0 Å². The van der Waals surface area contributed by atoms with Crippen molar-refractivity contribution >= 4 is 33.9 Å². The Morgan fingerprint density at radius 3 is 2.59 bits per heavy atom. The zero-order valence-electron chi connectivity index (χ0n) is 21.8. The molecule has 1 aliphatic rings. The molecule has 0 spiro atoms. The Kier molecular flexibility index (Phi) is 7.44. The summed E-state index contributed by atoms with van der Waals surface area (Å²) in [5, 5.41) is 26.4. The smallest absolute Gasteiger partial charge is 0.212 e. The Labute approximate surface area is 240 Å². The maximum atomic E-state index is 13.7. The van der Waals surface area contributed by atoms with E-state index in [1.807, 2.05) is 47.3 Å². The number of hydrogen-bond acceptors (Lipinski definition) is 7. The summed E-state index contributed by atoms with van der Waals surface area (Å²) in [4.78, 5) is 8.27. The Morgan fingerprint density at radius 1 is 1.05 bits per heavy atom. The molecule has 6 rings (SSSR count). The van der Waals surface area contributed by atoms with E-state index >= 15 is 0 Å². The van der Waals surface area contributed by atoms with Crippen molar-refractivity contribution in [3.8, 4) is 6.07 Å². The number of nitrogens with one attached hydrogen (secondary N) is 2. The zero-order chi connectivity index (χ0) is 28.3. The van der Waals surface area contributed by atoms with Crippen LogP contribution < -0.4 is 10.6 Å². The van der Waals surface area contributed by atoms with Gasteiger partial charge in [-0.25, -0.2) is 9.67 Å². The van der Waals surface area contributed by atoms with Crippen LogP contribution in [0.3, 0.4) is 0 Å². The number of aromatic nitrogens is 5. The molecule has 0 aliphatic heterocycles. The molecule has 5 aromatic rings. The molecule has 206 valence electrons. The van der Waals surface area contributed by atoms with Gasteiger partial charge in [0.15, 0.2) is 0 Å². The molecule has 8 nitrogen and oxygen atoms in total. The van der Waals surface area contributed by atoms with Crippen LogP contribution in [-0.2, 0) is 0 Å². The molecule has 1 fully saturated rings. The van der Waals surface area contributed by atoms with E-state index in [1.54, 1.807) is 12.1 Å². The minimum absolute atomic E-state index is 0.209. The van der Waals surface area contributed by atoms with E-state index in [0.29, 0.717) is 50.2 Å². The summed E-state index contributed by atoms with van der Waals surface area (Å²) in [5.74, 6) is -0.588. The number of halogens is 3. The number of hydrogen-bond donors (Lipinski definition) is 2. The SMILES string of the molecule is N#Cc1cnc2c(Cl)cc(N[C@@H](c3ccc(F)nc3)c3cn(C4CC4)nn3)cc2c1N[C@H](CCF)c1ccccc1. The highest BCUT2D eigenvalue weighted by Gasteiger charge is 2.27. The van der Waals surface area contributed by atoms with Crippen LogP contribution in [0.25, 0.3) is 10.9 Å². The summed E-state index contributed by atoms with van der Waals surface area (Å²) in [6, 6.07) is 17.6. The highest BCUT2D eigenvalue weighted by Crippen LogP contribution is 2.38. The lowest BCUT2D eigenvalue weighted by molar-refractivity contribution is 0.451. The van der Waals surface area contributed by atoms with Gasteiger partial charge in [0, 0.05) is 29.9 Å². The van der Waals surface area contributed by atoms with Crippen molar-refractivity contribution in [2.45, 2.75) is 37.4 Å². The second-order valence-electron chi connectivity index (χ2n) is 9.94. The molecule has 2 atom stereocenters. The lowest BCUT2D eigenvalue weighted by Gasteiger charge is -2.23. The second kappa shape index (κ2) is 11.5. The number of nitriles is 1. The molecule has 1 saturated carbocycles. The third-order valence-electron chi connectivity index (χ3n) is 7.10. The molecular weight excluding hydrogens is 546 g/mol. The first kappa shape index (κ1) is 26.6. The van der Waals surface area contributed by atoms with Gasteiger partial charge in [-0.3, -0.25) is 9.37 Å². The van der Waals surface area contributed by atoms with Crippen LogP contribution in [0.1, 0.15) is 59.8 Å². The standard InChI is InChI=1S/C30H25ClF2N8/c31-24-13-21(37-29(19-6-9-27(33)35-15-19)26-17-41(40-39-26)22-7-8-22)12-23-28(20(14-34)16-36-30(23)24)38-25(10-11-32)18-4-2-1-3-5-18/h1-6,9,12-13,15-17,22,25,29,37H,7-8,10-11H2,(H,36,38)/t25-,29+/m1/s1. The van der Waals surface area contributed by atoms with Crippen molar-refractivity contribution in [1.29, 1.82) is 5.26 Å². The number of anilines is 2. The normalized spacial score (nSPS) is 14.4. The summed E-state index contributed by atoms with van der Waals surface area (Å²) in [6.07, 6.45) is 7.11.